The summed E-state index contributed by atoms with van der Waals surface area (Å²) >= 11 is 0. The van der Waals surface area contributed by atoms with E-state index in [1.165, 1.54) is 243 Å². The number of rotatable bonds is 4. The lowest BCUT2D eigenvalue weighted by atomic mass is 9.45. The Hall–Kier alpha value is -10.3. The summed E-state index contributed by atoms with van der Waals surface area (Å²) in [5.74, 6) is 0. The summed E-state index contributed by atoms with van der Waals surface area (Å²) in [6.45, 7) is 27.2. The molecular weight excluding hydrogens is 1110 g/mol. The van der Waals surface area contributed by atoms with Crippen LogP contribution in [0.3, 0.4) is 0 Å². The summed E-state index contributed by atoms with van der Waals surface area (Å²) in [6.07, 6.45) is 0. The van der Waals surface area contributed by atoms with Crippen molar-refractivity contribution in [3.8, 4) is 78.1 Å². The van der Waals surface area contributed by atoms with Crippen LogP contribution in [0.4, 0.5) is 0 Å². The van der Waals surface area contributed by atoms with E-state index in [4.69, 9.17) is 0 Å². The van der Waals surface area contributed by atoms with E-state index in [0.717, 1.165) is 0 Å². The molecule has 12 aromatic carbocycles. The summed E-state index contributed by atoms with van der Waals surface area (Å²) in [5, 5.41) is 7.84. The van der Waals surface area contributed by atoms with Crippen molar-refractivity contribution in [1.82, 2.24) is 18.1 Å². The highest BCUT2D eigenvalue weighted by Crippen LogP contribution is 2.52. The lowest BCUT2D eigenvalue weighted by Gasteiger charge is -2.34. The zero-order chi connectivity index (χ0) is 62.1. The van der Waals surface area contributed by atoms with Crippen LogP contribution in [0.5, 0.6) is 0 Å². The molecule has 8 heterocycles. The Bertz CT molecular complexity index is 5750. The third-order valence-electron chi connectivity index (χ3n) is 22.3. The fourth-order valence-electron chi connectivity index (χ4n) is 19.8. The van der Waals surface area contributed by atoms with Gasteiger partial charge in [0.1, 0.15) is 0 Å². The molecule has 20 rings (SSSR count). The lowest BCUT2D eigenvalue weighted by Crippen LogP contribution is -2.55. The zero-order valence-electron chi connectivity index (χ0n) is 54.3. The molecule has 436 valence electrons. The molecule has 0 bridgehead atoms. The van der Waals surface area contributed by atoms with Gasteiger partial charge in [-0.3, -0.25) is 0 Å². The molecule has 0 amide bonds. The van der Waals surface area contributed by atoms with E-state index in [-0.39, 0.29) is 13.7 Å². The van der Waals surface area contributed by atoms with E-state index in [1.54, 1.807) is 0 Å². The van der Waals surface area contributed by atoms with Gasteiger partial charge in [0.2, 0.25) is 0 Å². The first kappa shape index (κ1) is 52.5. The van der Waals surface area contributed by atoms with E-state index in [2.05, 4.69) is 283 Å². The zero-order valence-corrected chi connectivity index (χ0v) is 54.3. The standard InChI is InChI=1S/C86H66B2N4/c1-43-31-47(5)73(48(6)32-43)55-39-65(75-51(9)35-45(3)36-52(75)10)77-61-23-15-27-67-83(61)89(71(77)41-55)69-29-17-19-57-59-21-13-25-63-81(59)91(87(67)79(57)69)85-64-26-14-22-60-58-20-18-30-70-80(58)88(92(82(60)64)86(63)85)68-28-16-24-62-78-66(76-53(11)37-46(4)38-54(76)12)40-56(42-72(78)90(70)84(62)68)74-49(7)33-44(2)34-50(74)8/h13-42H,1-12H3. The Morgan fingerprint density at radius 1 is 0.261 bits per heavy atom. The van der Waals surface area contributed by atoms with Gasteiger partial charge >= 0.3 is 13.7 Å². The second-order valence-electron chi connectivity index (χ2n) is 28.2. The smallest absolute Gasteiger partial charge is 0.333 e. The second-order valence-corrected chi connectivity index (χ2v) is 28.2. The van der Waals surface area contributed by atoms with Crippen molar-refractivity contribution in [1.29, 1.82) is 0 Å². The first-order valence-corrected chi connectivity index (χ1v) is 33.0. The summed E-state index contributed by atoms with van der Waals surface area (Å²) < 4.78 is 11.0. The van der Waals surface area contributed by atoms with Gasteiger partial charge in [-0.25, -0.2) is 0 Å². The lowest BCUT2D eigenvalue weighted by molar-refractivity contribution is 1.17. The predicted octanol–water partition coefficient (Wildman–Crippen LogP) is 19.2. The summed E-state index contributed by atoms with van der Waals surface area (Å²) in [4.78, 5) is 0. The van der Waals surface area contributed by atoms with E-state index in [1.807, 2.05) is 0 Å². The fourth-order valence-corrected chi connectivity index (χ4v) is 19.8. The van der Waals surface area contributed by atoms with Crippen molar-refractivity contribution in [3.63, 3.8) is 0 Å². The Kier molecular flexibility index (Phi) is 10.2. The maximum absolute atomic E-state index is 2.83. The monoisotopic (exact) mass is 1180 g/mol. The number of hydrogen-bond donors (Lipinski definition) is 0. The van der Waals surface area contributed by atoms with Crippen LogP contribution in [0, 0.1) is 83.1 Å². The van der Waals surface area contributed by atoms with Gasteiger partial charge in [-0.2, -0.15) is 0 Å². The SMILES string of the molecule is Cc1cc(C)c(-c2cc(-c3c(C)cc(C)cc3C)c3c4cccc5c4n(c3c2)-c2cccc3c2B5n2c4c-3cccc4c3c2c2cccc4c2n3B2c3c-4cccc3-n3c4cc(-c5c(C)cc(C)cc5C)cc(-c5c(C)cc(C)cc5C)c4c4cccc2c43)c(C)c1. The Morgan fingerprint density at radius 3 is 0.946 bits per heavy atom. The van der Waals surface area contributed by atoms with Gasteiger partial charge in [0, 0.05) is 65.9 Å². The highest BCUT2D eigenvalue weighted by molar-refractivity contribution is 6.92. The average Bonchev–Trinajstić information content (AvgIpc) is 1.47. The maximum Gasteiger partial charge on any atom is 0.333 e. The largest absolute Gasteiger partial charge is 0.374 e. The van der Waals surface area contributed by atoms with E-state index in [0.29, 0.717) is 0 Å². The highest BCUT2D eigenvalue weighted by Gasteiger charge is 2.47. The second kappa shape index (κ2) is 17.8. The van der Waals surface area contributed by atoms with Crippen molar-refractivity contribution in [2.75, 3.05) is 0 Å². The van der Waals surface area contributed by atoms with Gasteiger partial charge in [0.05, 0.1) is 33.1 Å². The number of aromatic nitrogens is 4. The predicted molar refractivity (Wildman–Crippen MR) is 394 cm³/mol. The molecule has 4 aliphatic heterocycles. The molecule has 0 unspecified atom stereocenters. The number of fused-ring (bicyclic) bond motifs is 19. The molecular formula is C86H66B2N4. The number of hydrogen-bond acceptors (Lipinski definition) is 0. The molecule has 92 heavy (non-hydrogen) atoms. The van der Waals surface area contributed by atoms with Crippen molar-refractivity contribution >= 4 is 112 Å². The van der Waals surface area contributed by atoms with Crippen LogP contribution < -0.4 is 21.9 Å². The molecule has 0 atom stereocenters. The first-order valence-electron chi connectivity index (χ1n) is 33.0. The topological polar surface area (TPSA) is 19.7 Å². The van der Waals surface area contributed by atoms with Crippen LogP contribution in [-0.4, -0.2) is 31.8 Å². The Labute approximate surface area is 536 Å². The fraction of sp³-hybridized carbons (Fsp3) is 0.140. The van der Waals surface area contributed by atoms with Crippen LogP contribution in [0.25, 0.3) is 155 Å². The van der Waals surface area contributed by atoms with Gasteiger partial charge in [-0.1, -0.05) is 168 Å². The van der Waals surface area contributed by atoms with E-state index < -0.39 is 0 Å². The molecule has 0 saturated heterocycles. The minimum atomic E-state index is -0.107. The molecule has 4 aromatic heterocycles. The van der Waals surface area contributed by atoms with Crippen LogP contribution in [-0.2, 0) is 0 Å². The van der Waals surface area contributed by atoms with Crippen molar-refractivity contribution in [2.24, 2.45) is 0 Å². The maximum atomic E-state index is 2.83. The quantitative estimate of drug-likeness (QED) is 0.157. The minimum absolute atomic E-state index is 0.107. The molecule has 0 fully saturated rings. The molecule has 0 saturated carbocycles. The van der Waals surface area contributed by atoms with Gasteiger partial charge < -0.3 is 18.1 Å². The van der Waals surface area contributed by atoms with Crippen molar-refractivity contribution in [3.05, 3.63) is 249 Å². The molecule has 0 N–H and O–H groups in total. The van der Waals surface area contributed by atoms with Crippen LogP contribution in [0.2, 0.25) is 0 Å². The van der Waals surface area contributed by atoms with Gasteiger partial charge in [0.25, 0.3) is 0 Å². The first-order chi connectivity index (χ1) is 44.6. The summed E-state index contributed by atoms with van der Waals surface area (Å²) in [7, 11) is 0. The third-order valence-corrected chi connectivity index (χ3v) is 22.3. The number of para-hydroxylation sites is 4. The Balaban J connectivity index is 0.898. The van der Waals surface area contributed by atoms with Gasteiger partial charge in [-0.05, 0) is 241 Å². The molecule has 0 spiro atoms. The number of benzene rings is 12. The van der Waals surface area contributed by atoms with Crippen LogP contribution in [0.15, 0.2) is 182 Å². The molecule has 4 nitrogen and oxygen atoms in total. The minimum Gasteiger partial charge on any atom is -0.374 e. The van der Waals surface area contributed by atoms with Crippen LogP contribution >= 0.6 is 0 Å². The average molecular weight is 1180 g/mol. The molecule has 6 heteroatoms. The summed E-state index contributed by atoms with van der Waals surface area (Å²) in [5.41, 5.74) is 49.6. The van der Waals surface area contributed by atoms with Crippen LogP contribution in [0.1, 0.15) is 66.8 Å². The third kappa shape index (κ3) is 6.40. The van der Waals surface area contributed by atoms with Crippen molar-refractivity contribution < 1.29 is 0 Å². The molecule has 16 aromatic rings. The molecule has 4 aliphatic rings. The normalized spacial score (nSPS) is 13.2. The number of nitrogens with zero attached hydrogens (tertiary/aromatic N) is 4. The van der Waals surface area contributed by atoms with Gasteiger partial charge in [-0.15, -0.1) is 0 Å². The number of aryl methyl sites for hydroxylation is 12. The molecule has 0 aliphatic carbocycles. The Morgan fingerprint density at radius 2 is 0.576 bits per heavy atom. The van der Waals surface area contributed by atoms with E-state index >= 15 is 0 Å². The molecule has 0 radical (unpaired) electrons. The highest BCUT2D eigenvalue weighted by atomic mass is 15.1. The van der Waals surface area contributed by atoms with E-state index in [9.17, 15) is 0 Å². The van der Waals surface area contributed by atoms with Crippen molar-refractivity contribution in [2.45, 2.75) is 83.1 Å². The van der Waals surface area contributed by atoms with Gasteiger partial charge in [0.15, 0.2) is 0 Å². The summed E-state index contributed by atoms with van der Waals surface area (Å²) in [6, 6.07) is 72.4.